The van der Waals surface area contributed by atoms with Crippen LogP contribution in [0.3, 0.4) is 0 Å². The molecule has 0 spiro atoms. The number of aryl methyl sites for hydroxylation is 1. The van der Waals surface area contributed by atoms with Crippen LogP contribution in [0.4, 0.5) is 10.5 Å². The largest absolute Gasteiger partial charge is 0.454 e. The highest BCUT2D eigenvalue weighted by molar-refractivity contribution is 5.89. The van der Waals surface area contributed by atoms with Gasteiger partial charge in [0.05, 0.1) is 6.04 Å². The summed E-state index contributed by atoms with van der Waals surface area (Å²) in [5.74, 6) is 1.54. The van der Waals surface area contributed by atoms with Gasteiger partial charge in [0, 0.05) is 38.4 Å². The van der Waals surface area contributed by atoms with E-state index in [0.717, 1.165) is 54.5 Å². The number of nitrogens with one attached hydrogen (secondary N) is 2. The maximum absolute atomic E-state index is 12.5. The van der Waals surface area contributed by atoms with Crippen LogP contribution in [0.25, 0.3) is 0 Å². The molecular weight excluding hydrogens is 368 g/mol. The van der Waals surface area contributed by atoms with Crippen molar-refractivity contribution in [3.8, 4) is 11.5 Å². The Morgan fingerprint density at radius 2 is 1.76 bits per heavy atom. The SMILES string of the molecule is Cc1ccc(NC(=O)NC[C@H](c2ccc3c(c2)OCO3)N2CCN(C)CC2)cc1. The minimum Gasteiger partial charge on any atom is -0.454 e. The van der Waals surface area contributed by atoms with Crippen molar-refractivity contribution in [1.82, 2.24) is 15.1 Å². The Balaban J connectivity index is 1.45. The first-order valence-electron chi connectivity index (χ1n) is 10.0. The van der Waals surface area contributed by atoms with Gasteiger partial charge in [0.15, 0.2) is 11.5 Å². The predicted octanol–water partition coefficient (Wildman–Crippen LogP) is 2.83. The predicted molar refractivity (Wildman–Crippen MR) is 113 cm³/mol. The molecule has 1 fully saturated rings. The Kier molecular flexibility index (Phi) is 5.87. The summed E-state index contributed by atoms with van der Waals surface area (Å²) in [6.45, 7) is 6.73. The van der Waals surface area contributed by atoms with Gasteiger partial charge in [-0.1, -0.05) is 23.8 Å². The van der Waals surface area contributed by atoms with Crippen molar-refractivity contribution in [2.75, 3.05) is 51.9 Å². The highest BCUT2D eigenvalue weighted by Gasteiger charge is 2.26. The maximum atomic E-state index is 12.5. The molecule has 2 N–H and O–H groups in total. The van der Waals surface area contributed by atoms with Crippen molar-refractivity contribution in [2.45, 2.75) is 13.0 Å². The van der Waals surface area contributed by atoms with Gasteiger partial charge in [0.2, 0.25) is 6.79 Å². The van der Waals surface area contributed by atoms with Crippen LogP contribution in [0.15, 0.2) is 42.5 Å². The van der Waals surface area contributed by atoms with E-state index in [4.69, 9.17) is 9.47 Å². The topological polar surface area (TPSA) is 66.1 Å². The minimum absolute atomic E-state index is 0.0713. The summed E-state index contributed by atoms with van der Waals surface area (Å²) in [4.78, 5) is 17.2. The summed E-state index contributed by atoms with van der Waals surface area (Å²) < 4.78 is 11.0. The number of piperazine rings is 1. The molecule has 0 saturated carbocycles. The summed E-state index contributed by atoms with van der Waals surface area (Å²) >= 11 is 0. The standard InChI is InChI=1S/C22H28N4O3/c1-16-3-6-18(7-4-16)24-22(27)23-14-19(26-11-9-25(2)10-12-26)17-5-8-20-21(13-17)29-15-28-20/h3-8,13,19H,9-12,14-15H2,1-2H3,(H2,23,24,27)/t19-/m1/s1. The van der Waals surface area contributed by atoms with Crippen molar-refractivity contribution in [3.63, 3.8) is 0 Å². The third-order valence-corrected chi connectivity index (χ3v) is 5.53. The number of likely N-dealkylation sites (N-methyl/N-ethyl adjacent to an activating group) is 1. The van der Waals surface area contributed by atoms with Gasteiger partial charge in [-0.15, -0.1) is 0 Å². The van der Waals surface area contributed by atoms with Crippen LogP contribution in [-0.4, -0.2) is 62.4 Å². The molecule has 7 nitrogen and oxygen atoms in total. The Hall–Kier alpha value is -2.77. The van der Waals surface area contributed by atoms with E-state index in [2.05, 4.69) is 33.5 Å². The number of carbonyl (C=O) groups is 1. The number of anilines is 1. The zero-order valence-electron chi connectivity index (χ0n) is 17.0. The lowest BCUT2D eigenvalue weighted by molar-refractivity contribution is 0.111. The van der Waals surface area contributed by atoms with Crippen LogP contribution in [0.2, 0.25) is 0 Å². The summed E-state index contributed by atoms with van der Waals surface area (Å²) in [6, 6.07) is 13.7. The van der Waals surface area contributed by atoms with E-state index in [-0.39, 0.29) is 18.9 Å². The average molecular weight is 396 g/mol. The van der Waals surface area contributed by atoms with Crippen LogP contribution < -0.4 is 20.1 Å². The first-order chi connectivity index (χ1) is 14.1. The highest BCUT2D eigenvalue weighted by atomic mass is 16.7. The number of benzene rings is 2. The van der Waals surface area contributed by atoms with Crippen LogP contribution in [0, 0.1) is 6.92 Å². The van der Waals surface area contributed by atoms with Gasteiger partial charge in [-0.3, -0.25) is 4.90 Å². The molecule has 0 unspecified atom stereocenters. The molecule has 2 aliphatic heterocycles. The van der Waals surface area contributed by atoms with Crippen LogP contribution in [0.5, 0.6) is 11.5 Å². The summed E-state index contributed by atoms with van der Waals surface area (Å²) in [5.41, 5.74) is 3.07. The molecule has 0 radical (unpaired) electrons. The van der Waals surface area contributed by atoms with Gasteiger partial charge in [-0.05, 0) is 43.8 Å². The van der Waals surface area contributed by atoms with Crippen molar-refractivity contribution < 1.29 is 14.3 Å². The lowest BCUT2D eigenvalue weighted by Gasteiger charge is -2.38. The summed E-state index contributed by atoms with van der Waals surface area (Å²) in [7, 11) is 2.14. The molecule has 0 aliphatic carbocycles. The lowest BCUT2D eigenvalue weighted by atomic mass is 10.0. The second-order valence-corrected chi connectivity index (χ2v) is 7.67. The van der Waals surface area contributed by atoms with Gasteiger partial charge in [-0.2, -0.15) is 0 Å². The monoisotopic (exact) mass is 396 g/mol. The molecular formula is C22H28N4O3. The van der Waals surface area contributed by atoms with Gasteiger partial charge >= 0.3 is 6.03 Å². The first-order valence-corrected chi connectivity index (χ1v) is 10.0. The van der Waals surface area contributed by atoms with E-state index in [1.165, 1.54) is 0 Å². The molecule has 0 aromatic heterocycles. The van der Waals surface area contributed by atoms with Gasteiger partial charge in [0.25, 0.3) is 0 Å². The van der Waals surface area contributed by atoms with Gasteiger partial charge in [0.1, 0.15) is 0 Å². The number of amides is 2. The van der Waals surface area contributed by atoms with Crippen molar-refractivity contribution >= 4 is 11.7 Å². The summed E-state index contributed by atoms with van der Waals surface area (Å²) in [5, 5.41) is 5.95. The number of hydrogen-bond acceptors (Lipinski definition) is 5. The first kappa shape index (κ1) is 19.5. The molecule has 2 aromatic rings. The molecule has 2 heterocycles. The fraction of sp³-hybridized carbons (Fsp3) is 0.409. The Morgan fingerprint density at radius 3 is 2.52 bits per heavy atom. The quantitative estimate of drug-likeness (QED) is 0.814. The molecule has 29 heavy (non-hydrogen) atoms. The fourth-order valence-corrected chi connectivity index (χ4v) is 3.71. The molecule has 2 amide bonds. The van der Waals surface area contributed by atoms with Crippen molar-refractivity contribution in [1.29, 1.82) is 0 Å². The molecule has 1 saturated heterocycles. The number of fused-ring (bicyclic) bond motifs is 1. The zero-order chi connectivity index (χ0) is 20.2. The normalized spacial score (nSPS) is 17.7. The lowest BCUT2D eigenvalue weighted by Crippen LogP contribution is -2.48. The molecule has 2 aliphatic rings. The van der Waals surface area contributed by atoms with Gasteiger partial charge < -0.3 is 25.0 Å². The van der Waals surface area contributed by atoms with Crippen LogP contribution >= 0.6 is 0 Å². The summed E-state index contributed by atoms with van der Waals surface area (Å²) in [6.07, 6.45) is 0. The van der Waals surface area contributed by atoms with Crippen LogP contribution in [-0.2, 0) is 0 Å². The third-order valence-electron chi connectivity index (χ3n) is 5.53. The van der Waals surface area contributed by atoms with E-state index in [0.29, 0.717) is 6.54 Å². The Morgan fingerprint density at radius 1 is 1.03 bits per heavy atom. The smallest absolute Gasteiger partial charge is 0.319 e. The third kappa shape index (κ3) is 4.81. The minimum atomic E-state index is -0.200. The van der Waals surface area contributed by atoms with E-state index in [1.807, 2.05) is 43.3 Å². The van der Waals surface area contributed by atoms with E-state index in [1.54, 1.807) is 0 Å². The number of hydrogen-bond donors (Lipinski definition) is 2. The molecule has 4 rings (SSSR count). The Bertz CT molecular complexity index is 848. The molecule has 154 valence electrons. The molecule has 7 heteroatoms. The zero-order valence-corrected chi connectivity index (χ0v) is 17.0. The number of carbonyl (C=O) groups excluding carboxylic acids is 1. The van der Waals surface area contributed by atoms with E-state index >= 15 is 0 Å². The number of nitrogens with zero attached hydrogens (tertiary/aromatic N) is 2. The highest BCUT2D eigenvalue weighted by Crippen LogP contribution is 2.35. The molecule has 0 bridgehead atoms. The number of urea groups is 1. The van der Waals surface area contributed by atoms with Crippen molar-refractivity contribution in [2.24, 2.45) is 0 Å². The molecule has 1 atom stereocenters. The molecule has 2 aromatic carbocycles. The Labute approximate surface area is 171 Å². The number of rotatable bonds is 5. The van der Waals surface area contributed by atoms with Crippen LogP contribution in [0.1, 0.15) is 17.2 Å². The van der Waals surface area contributed by atoms with E-state index in [9.17, 15) is 4.79 Å². The maximum Gasteiger partial charge on any atom is 0.319 e. The van der Waals surface area contributed by atoms with Crippen molar-refractivity contribution in [3.05, 3.63) is 53.6 Å². The number of ether oxygens (including phenoxy) is 2. The fourth-order valence-electron chi connectivity index (χ4n) is 3.71. The second-order valence-electron chi connectivity index (χ2n) is 7.67. The van der Waals surface area contributed by atoms with E-state index < -0.39 is 0 Å². The second kappa shape index (κ2) is 8.71. The van der Waals surface area contributed by atoms with Gasteiger partial charge in [-0.25, -0.2) is 4.79 Å². The average Bonchev–Trinajstić information content (AvgIpc) is 3.19.